The first-order valence-electron chi connectivity index (χ1n) is 3.75. The Morgan fingerprint density at radius 2 is 2.00 bits per heavy atom. The molecule has 1 rings (SSSR count). The van der Waals surface area contributed by atoms with Gasteiger partial charge < -0.3 is 0 Å². The molecule has 0 radical (unpaired) electrons. The first-order valence-corrected chi connectivity index (χ1v) is 5.97. The summed E-state index contributed by atoms with van der Waals surface area (Å²) in [5, 5.41) is 0.922. The zero-order chi connectivity index (χ0) is 9.68. The van der Waals surface area contributed by atoms with Gasteiger partial charge in [-0.1, -0.05) is 28.1 Å². The highest BCUT2D eigenvalue weighted by atomic mass is 79.9. The third-order valence-corrected chi connectivity index (χ3v) is 2.35. The van der Waals surface area contributed by atoms with Crippen LogP contribution in [-0.2, 0) is 17.7 Å². The highest BCUT2D eigenvalue weighted by Gasteiger charge is 1.95. The Morgan fingerprint density at radius 3 is 2.46 bits per heavy atom. The number of hydrogen-bond donors (Lipinski definition) is 2. The summed E-state index contributed by atoms with van der Waals surface area (Å²) in [6.45, 7) is 0. The Morgan fingerprint density at radius 1 is 1.38 bits per heavy atom. The lowest BCUT2D eigenvalue weighted by Crippen LogP contribution is -2.01. The van der Waals surface area contributed by atoms with E-state index >= 15 is 0 Å². The first kappa shape index (κ1) is 10.7. The molecule has 0 heterocycles. The number of halogens is 1. The largest absolute Gasteiger partial charge is 0.289 e. The van der Waals surface area contributed by atoms with Gasteiger partial charge in [0.1, 0.15) is 0 Å². The van der Waals surface area contributed by atoms with Crippen LogP contribution in [0.4, 0.5) is 5.69 Å². The van der Waals surface area contributed by atoms with Gasteiger partial charge in [0.2, 0.25) is 0 Å². The van der Waals surface area contributed by atoms with Crippen LogP contribution in [0.3, 0.4) is 0 Å². The summed E-state index contributed by atoms with van der Waals surface area (Å²) in [6, 6.07) is 7.42. The van der Waals surface area contributed by atoms with Crippen molar-refractivity contribution in [2.45, 2.75) is 6.42 Å². The lowest BCUT2D eigenvalue weighted by Gasteiger charge is -2.02. The van der Waals surface area contributed by atoms with E-state index in [1.54, 1.807) is 12.1 Å². The van der Waals surface area contributed by atoms with Crippen molar-refractivity contribution in [3.63, 3.8) is 0 Å². The number of rotatable bonds is 4. The number of benzene rings is 1. The number of hydrogen-bond acceptors (Lipinski definition) is 1. The minimum Gasteiger partial charge on any atom is -0.289 e. The summed E-state index contributed by atoms with van der Waals surface area (Å²) < 4.78 is 21.3. The van der Waals surface area contributed by atoms with Crippen molar-refractivity contribution in [1.82, 2.24) is 0 Å². The molecular formula is C8H10BrNO2S. The van der Waals surface area contributed by atoms with Crippen molar-refractivity contribution in [1.29, 1.82) is 0 Å². The van der Waals surface area contributed by atoms with E-state index in [0.29, 0.717) is 5.69 Å². The van der Waals surface area contributed by atoms with E-state index in [2.05, 4.69) is 20.7 Å². The second-order valence-corrected chi connectivity index (χ2v) is 3.98. The van der Waals surface area contributed by atoms with Gasteiger partial charge >= 0.3 is 0 Å². The summed E-state index contributed by atoms with van der Waals surface area (Å²) in [5.41, 5.74) is 1.85. The fourth-order valence-corrected chi connectivity index (χ4v) is 1.74. The fourth-order valence-electron chi connectivity index (χ4n) is 0.949. The molecule has 1 aromatic carbocycles. The van der Waals surface area contributed by atoms with Crippen LogP contribution < -0.4 is 4.72 Å². The number of aryl methyl sites for hydroxylation is 1. The predicted octanol–water partition coefficient (Wildman–Crippen LogP) is 2.17. The van der Waals surface area contributed by atoms with Crippen LogP contribution in [-0.4, -0.2) is 14.1 Å². The van der Waals surface area contributed by atoms with E-state index in [0.717, 1.165) is 11.8 Å². The summed E-state index contributed by atoms with van der Waals surface area (Å²) in [4.78, 5) is 0. The molecule has 0 amide bonds. The van der Waals surface area contributed by atoms with Crippen molar-refractivity contribution in [3.8, 4) is 0 Å². The Hall–Kier alpha value is -0.390. The summed E-state index contributed by atoms with van der Waals surface area (Å²) in [6.07, 6.45) is 0.961. The van der Waals surface area contributed by atoms with Gasteiger partial charge in [-0.2, -0.15) is 0 Å². The van der Waals surface area contributed by atoms with Gasteiger partial charge in [0.25, 0.3) is 11.3 Å². The topological polar surface area (TPSA) is 49.3 Å². The van der Waals surface area contributed by atoms with Crippen LogP contribution >= 0.6 is 15.9 Å². The van der Waals surface area contributed by atoms with Gasteiger partial charge in [0.05, 0.1) is 0 Å². The third kappa shape index (κ3) is 3.89. The molecule has 5 heteroatoms. The van der Waals surface area contributed by atoms with Gasteiger partial charge in [-0.05, 0) is 24.1 Å². The van der Waals surface area contributed by atoms with Gasteiger partial charge in [0.15, 0.2) is 0 Å². The Labute approximate surface area is 88.1 Å². The second-order valence-electron chi connectivity index (χ2n) is 2.49. The molecule has 0 saturated carbocycles. The van der Waals surface area contributed by atoms with E-state index in [1.165, 1.54) is 5.56 Å². The third-order valence-electron chi connectivity index (χ3n) is 1.54. The van der Waals surface area contributed by atoms with Crippen molar-refractivity contribution in [3.05, 3.63) is 29.8 Å². The molecule has 1 unspecified atom stereocenters. The maximum absolute atomic E-state index is 10.4. The molecule has 1 aromatic rings. The summed E-state index contributed by atoms with van der Waals surface area (Å²) in [7, 11) is 0. The van der Waals surface area contributed by atoms with Crippen LogP contribution in [0, 0.1) is 0 Å². The summed E-state index contributed by atoms with van der Waals surface area (Å²) in [5.74, 6) is 0. The molecule has 0 aliphatic rings. The SMILES string of the molecule is O=S(O)Nc1ccc(CCBr)cc1. The number of nitrogens with one attached hydrogen (secondary N) is 1. The fraction of sp³-hybridized carbons (Fsp3) is 0.250. The standard InChI is InChI=1S/C8H10BrNO2S/c9-6-5-7-1-3-8(4-2-7)10-13(11)12/h1-4,10H,5-6H2,(H,11,12). The molecule has 0 spiro atoms. The second kappa shape index (κ2) is 5.36. The molecule has 0 aliphatic carbocycles. The van der Waals surface area contributed by atoms with Gasteiger partial charge in [0, 0.05) is 11.0 Å². The Bertz CT molecular complexity index is 289. The average molecular weight is 264 g/mol. The molecule has 0 aliphatic heterocycles. The lowest BCUT2D eigenvalue weighted by atomic mass is 10.2. The van der Waals surface area contributed by atoms with E-state index in [9.17, 15) is 4.21 Å². The average Bonchev–Trinajstić information content (AvgIpc) is 2.08. The molecule has 0 aromatic heterocycles. The van der Waals surface area contributed by atoms with Crippen molar-refractivity contribution < 1.29 is 8.76 Å². The molecule has 0 saturated heterocycles. The van der Waals surface area contributed by atoms with Crippen LogP contribution in [0.5, 0.6) is 0 Å². The van der Waals surface area contributed by atoms with E-state index in [1.807, 2.05) is 12.1 Å². The van der Waals surface area contributed by atoms with E-state index < -0.39 is 11.3 Å². The van der Waals surface area contributed by atoms with E-state index in [-0.39, 0.29) is 0 Å². The molecule has 0 bridgehead atoms. The lowest BCUT2D eigenvalue weighted by molar-refractivity contribution is 0.570. The van der Waals surface area contributed by atoms with Crippen LogP contribution in [0.15, 0.2) is 24.3 Å². The molecule has 72 valence electrons. The maximum atomic E-state index is 10.4. The molecule has 2 N–H and O–H groups in total. The highest BCUT2D eigenvalue weighted by Crippen LogP contribution is 2.10. The molecule has 1 atom stereocenters. The van der Waals surface area contributed by atoms with Crippen molar-refractivity contribution in [2.75, 3.05) is 10.1 Å². The minimum absolute atomic E-state index is 0.652. The normalized spacial score (nSPS) is 12.5. The zero-order valence-electron chi connectivity index (χ0n) is 6.87. The predicted molar refractivity (Wildman–Crippen MR) is 58.3 cm³/mol. The number of anilines is 1. The minimum atomic E-state index is -1.99. The smallest absolute Gasteiger partial charge is 0.259 e. The van der Waals surface area contributed by atoms with Gasteiger partial charge in [-0.3, -0.25) is 9.27 Å². The number of alkyl halides is 1. The molecule has 3 nitrogen and oxygen atoms in total. The van der Waals surface area contributed by atoms with Crippen LogP contribution in [0.25, 0.3) is 0 Å². The van der Waals surface area contributed by atoms with E-state index in [4.69, 9.17) is 4.55 Å². The monoisotopic (exact) mass is 263 g/mol. The quantitative estimate of drug-likeness (QED) is 0.646. The molecule has 0 fully saturated rings. The van der Waals surface area contributed by atoms with Crippen molar-refractivity contribution in [2.24, 2.45) is 0 Å². The Kier molecular flexibility index (Phi) is 4.41. The van der Waals surface area contributed by atoms with Gasteiger partial charge in [-0.25, -0.2) is 4.21 Å². The summed E-state index contributed by atoms with van der Waals surface area (Å²) >= 11 is 1.35. The molecular weight excluding hydrogens is 254 g/mol. The van der Waals surface area contributed by atoms with Crippen molar-refractivity contribution >= 4 is 32.9 Å². The zero-order valence-corrected chi connectivity index (χ0v) is 9.27. The maximum Gasteiger partial charge on any atom is 0.259 e. The first-order chi connectivity index (χ1) is 6.22. The Balaban J connectivity index is 2.64. The molecule has 13 heavy (non-hydrogen) atoms. The van der Waals surface area contributed by atoms with Crippen LogP contribution in [0.1, 0.15) is 5.56 Å². The van der Waals surface area contributed by atoms with Crippen LogP contribution in [0.2, 0.25) is 0 Å². The van der Waals surface area contributed by atoms with Gasteiger partial charge in [-0.15, -0.1) is 0 Å². The highest BCUT2D eigenvalue weighted by molar-refractivity contribution is 9.09.